The Balaban J connectivity index is 1.69. The van der Waals surface area contributed by atoms with Crippen LogP contribution in [0, 0.1) is 5.82 Å². The summed E-state index contributed by atoms with van der Waals surface area (Å²) in [5, 5.41) is 9.71. The van der Waals surface area contributed by atoms with Crippen LogP contribution in [0.25, 0.3) is 11.3 Å². The zero-order chi connectivity index (χ0) is 22.1. The van der Waals surface area contributed by atoms with Crippen molar-refractivity contribution in [2.75, 3.05) is 32.1 Å². The molecule has 0 spiro atoms. The lowest BCUT2D eigenvalue weighted by molar-refractivity contribution is 0.0925. The number of pyridine rings is 1. The lowest BCUT2D eigenvalue weighted by atomic mass is 10.00. The number of para-hydroxylation sites is 1. The van der Waals surface area contributed by atoms with Crippen LogP contribution in [0.4, 0.5) is 15.8 Å². The van der Waals surface area contributed by atoms with E-state index in [0.717, 1.165) is 24.2 Å². The van der Waals surface area contributed by atoms with Gasteiger partial charge in [-0.15, -0.1) is 0 Å². The second-order valence-electron chi connectivity index (χ2n) is 7.83. The molecule has 0 fully saturated rings. The fourth-order valence-electron chi connectivity index (χ4n) is 4.27. The number of carbonyl (C=O) groups is 1. The van der Waals surface area contributed by atoms with E-state index in [1.165, 1.54) is 13.2 Å². The number of methoxy groups -OCH3 is 1. The van der Waals surface area contributed by atoms with E-state index in [1.807, 2.05) is 6.07 Å². The van der Waals surface area contributed by atoms with E-state index < -0.39 is 5.82 Å². The molecule has 0 aliphatic carbocycles. The van der Waals surface area contributed by atoms with Crippen LogP contribution in [-0.2, 0) is 6.42 Å². The van der Waals surface area contributed by atoms with Crippen molar-refractivity contribution in [2.45, 2.75) is 18.9 Å². The quantitative estimate of drug-likeness (QED) is 0.503. The fourth-order valence-corrected chi connectivity index (χ4v) is 4.27. The standard InChI is InChI=1S/C23H24FN5O3/c1-31-22-15(24)4-2-5-16(22)28-21-19-17-10-13(27-23(19)30)11-25-7-3-9-32-18-12-26-8-6-14(18)20(21)29-17/h2,4-6,8,12-13,25,28-29H,3,7,9-11H2,1H3,(H,27,30)/t13-/m0/s1. The Hall–Kier alpha value is -3.59. The maximum Gasteiger partial charge on any atom is 0.255 e. The molecule has 2 aliphatic heterocycles. The number of H-pyrrole nitrogens is 1. The molecule has 9 heteroatoms. The topological polar surface area (TPSA) is 100 Å². The average molecular weight is 437 g/mol. The number of carbonyl (C=O) groups excluding carboxylic acids is 1. The first-order chi connectivity index (χ1) is 15.7. The number of aromatic amines is 1. The Morgan fingerprint density at radius 2 is 2.22 bits per heavy atom. The molecule has 32 heavy (non-hydrogen) atoms. The molecule has 4 heterocycles. The summed E-state index contributed by atoms with van der Waals surface area (Å²) in [6.45, 7) is 1.98. The van der Waals surface area contributed by atoms with Crippen LogP contribution in [0.15, 0.2) is 36.7 Å². The highest BCUT2D eigenvalue weighted by Gasteiger charge is 2.32. The molecule has 4 N–H and O–H groups in total. The molecule has 0 unspecified atom stereocenters. The fraction of sp³-hybridized carbons (Fsp3) is 0.304. The molecule has 5 rings (SSSR count). The molecule has 8 nitrogen and oxygen atoms in total. The van der Waals surface area contributed by atoms with Crippen molar-refractivity contribution in [3.8, 4) is 22.8 Å². The van der Waals surface area contributed by atoms with Gasteiger partial charge in [-0.05, 0) is 31.2 Å². The third-order valence-corrected chi connectivity index (χ3v) is 5.72. The number of anilines is 2. The molecule has 0 saturated heterocycles. The van der Waals surface area contributed by atoms with E-state index in [9.17, 15) is 9.18 Å². The van der Waals surface area contributed by atoms with Gasteiger partial charge in [0, 0.05) is 36.5 Å². The Kier molecular flexibility index (Phi) is 5.40. The number of hydrogen-bond acceptors (Lipinski definition) is 6. The summed E-state index contributed by atoms with van der Waals surface area (Å²) in [6, 6.07) is 6.44. The maximum atomic E-state index is 14.3. The molecule has 1 aromatic carbocycles. The first-order valence-electron chi connectivity index (χ1n) is 10.6. The second kappa shape index (κ2) is 8.51. The van der Waals surface area contributed by atoms with Crippen molar-refractivity contribution >= 4 is 17.3 Å². The van der Waals surface area contributed by atoms with Gasteiger partial charge in [0.2, 0.25) is 0 Å². The first kappa shape index (κ1) is 20.3. The van der Waals surface area contributed by atoms with E-state index >= 15 is 0 Å². The van der Waals surface area contributed by atoms with Gasteiger partial charge in [0.15, 0.2) is 11.6 Å². The van der Waals surface area contributed by atoms with Gasteiger partial charge in [0.05, 0.1) is 42.5 Å². The van der Waals surface area contributed by atoms with E-state index in [-0.39, 0.29) is 17.7 Å². The molecule has 0 saturated carbocycles. The summed E-state index contributed by atoms with van der Waals surface area (Å²) >= 11 is 0. The van der Waals surface area contributed by atoms with Gasteiger partial charge in [-0.1, -0.05) is 6.07 Å². The van der Waals surface area contributed by atoms with Gasteiger partial charge >= 0.3 is 0 Å². The van der Waals surface area contributed by atoms with Crippen LogP contribution in [0.2, 0.25) is 0 Å². The van der Waals surface area contributed by atoms with Gasteiger partial charge in [-0.25, -0.2) is 4.39 Å². The molecule has 3 aromatic rings. The number of benzene rings is 1. The van der Waals surface area contributed by atoms with Crippen LogP contribution in [0.3, 0.4) is 0 Å². The van der Waals surface area contributed by atoms with Gasteiger partial charge in [-0.2, -0.15) is 0 Å². The van der Waals surface area contributed by atoms with Crippen molar-refractivity contribution in [2.24, 2.45) is 0 Å². The largest absolute Gasteiger partial charge is 0.492 e. The lowest BCUT2D eigenvalue weighted by Crippen LogP contribution is -2.47. The third kappa shape index (κ3) is 3.64. The van der Waals surface area contributed by atoms with Gasteiger partial charge in [0.25, 0.3) is 5.91 Å². The molecule has 2 aliphatic rings. The molecule has 166 valence electrons. The van der Waals surface area contributed by atoms with Crippen molar-refractivity contribution < 1.29 is 18.7 Å². The highest BCUT2D eigenvalue weighted by Crippen LogP contribution is 2.42. The molecular formula is C23H24FN5O3. The van der Waals surface area contributed by atoms with Crippen LogP contribution in [0.1, 0.15) is 22.5 Å². The normalized spacial score (nSPS) is 17.8. The molecule has 1 atom stereocenters. The minimum Gasteiger partial charge on any atom is -0.492 e. The summed E-state index contributed by atoms with van der Waals surface area (Å²) in [5.74, 6) is 0.00461. The highest BCUT2D eigenvalue weighted by molar-refractivity contribution is 6.07. The van der Waals surface area contributed by atoms with Gasteiger partial charge in [-0.3, -0.25) is 9.78 Å². The summed E-state index contributed by atoms with van der Waals surface area (Å²) in [5.41, 5.74) is 3.73. The summed E-state index contributed by atoms with van der Waals surface area (Å²) in [6.07, 6.45) is 4.81. The van der Waals surface area contributed by atoms with Crippen molar-refractivity contribution in [1.82, 2.24) is 20.6 Å². The van der Waals surface area contributed by atoms with Gasteiger partial charge < -0.3 is 30.4 Å². The summed E-state index contributed by atoms with van der Waals surface area (Å²) in [7, 11) is 1.41. The number of hydrogen-bond donors (Lipinski definition) is 4. The monoisotopic (exact) mass is 437 g/mol. The first-order valence-corrected chi connectivity index (χ1v) is 10.6. The van der Waals surface area contributed by atoms with Crippen molar-refractivity contribution in [3.63, 3.8) is 0 Å². The third-order valence-electron chi connectivity index (χ3n) is 5.72. The zero-order valence-electron chi connectivity index (χ0n) is 17.6. The van der Waals surface area contributed by atoms with Crippen molar-refractivity contribution in [3.05, 3.63) is 53.7 Å². The predicted molar refractivity (Wildman–Crippen MR) is 118 cm³/mol. The minimum absolute atomic E-state index is 0.0309. The number of amides is 1. The van der Waals surface area contributed by atoms with Crippen LogP contribution in [-0.4, -0.2) is 48.7 Å². The van der Waals surface area contributed by atoms with E-state index in [4.69, 9.17) is 9.47 Å². The smallest absolute Gasteiger partial charge is 0.255 e. The average Bonchev–Trinajstić information content (AvgIpc) is 3.15. The number of aromatic nitrogens is 2. The second-order valence-corrected chi connectivity index (χ2v) is 7.83. The predicted octanol–water partition coefficient (Wildman–Crippen LogP) is 2.99. The number of nitrogens with zero attached hydrogens (tertiary/aromatic N) is 1. The van der Waals surface area contributed by atoms with Crippen LogP contribution in [0.5, 0.6) is 11.5 Å². The molecule has 3 bridgehead atoms. The zero-order valence-corrected chi connectivity index (χ0v) is 17.6. The highest BCUT2D eigenvalue weighted by atomic mass is 19.1. The maximum absolute atomic E-state index is 14.3. The number of ether oxygens (including phenoxy) is 2. The molecule has 1 amide bonds. The van der Waals surface area contributed by atoms with Crippen molar-refractivity contribution in [1.29, 1.82) is 0 Å². The van der Waals surface area contributed by atoms with E-state index in [1.54, 1.807) is 24.5 Å². The number of rotatable bonds is 3. The Bertz CT molecular complexity index is 1160. The molecule has 0 radical (unpaired) electrons. The Morgan fingerprint density at radius 1 is 1.31 bits per heavy atom. The SMILES string of the molecule is COc1c(F)cccc1Nc1c2[nH]c3c1C(=O)N[C@H](CNCCCOc1cnccc1-2)C3. The number of fused-ring (bicyclic) bond motifs is 4. The van der Waals surface area contributed by atoms with Gasteiger partial charge in [0.1, 0.15) is 5.75 Å². The van der Waals surface area contributed by atoms with Crippen LogP contribution < -0.4 is 25.4 Å². The lowest BCUT2D eigenvalue weighted by Gasteiger charge is -2.25. The Labute approximate surface area is 184 Å². The van der Waals surface area contributed by atoms with E-state index in [2.05, 4.69) is 25.9 Å². The number of nitrogens with one attached hydrogen (secondary N) is 4. The molecular weight excluding hydrogens is 413 g/mol. The van der Waals surface area contributed by atoms with E-state index in [0.29, 0.717) is 48.0 Å². The Morgan fingerprint density at radius 3 is 3.09 bits per heavy atom. The van der Waals surface area contributed by atoms with Crippen LogP contribution >= 0.6 is 0 Å². The number of halogens is 1. The molecule has 2 aromatic heterocycles. The minimum atomic E-state index is -0.492. The summed E-state index contributed by atoms with van der Waals surface area (Å²) < 4.78 is 25.6. The summed E-state index contributed by atoms with van der Waals surface area (Å²) in [4.78, 5) is 20.8.